The van der Waals surface area contributed by atoms with Gasteiger partial charge in [0.1, 0.15) is 0 Å². The molecule has 0 atom stereocenters. The highest BCUT2D eigenvalue weighted by molar-refractivity contribution is 6.15. The molecule has 23 heavy (non-hydrogen) atoms. The number of rotatable bonds is 3. The van der Waals surface area contributed by atoms with Crippen LogP contribution in [0.3, 0.4) is 0 Å². The van der Waals surface area contributed by atoms with Gasteiger partial charge in [0.25, 0.3) is 0 Å². The van der Waals surface area contributed by atoms with Gasteiger partial charge in [0.15, 0.2) is 5.78 Å². The molecule has 0 aliphatic heterocycles. The van der Waals surface area contributed by atoms with E-state index in [0.717, 1.165) is 10.9 Å². The van der Waals surface area contributed by atoms with Gasteiger partial charge >= 0.3 is 6.09 Å². The Balaban J connectivity index is 2.43. The van der Waals surface area contributed by atoms with Crippen molar-refractivity contribution < 1.29 is 14.3 Å². The highest BCUT2D eigenvalue weighted by atomic mass is 16.5. The van der Waals surface area contributed by atoms with E-state index in [4.69, 9.17) is 4.74 Å². The van der Waals surface area contributed by atoms with E-state index >= 15 is 0 Å². The Morgan fingerprint density at radius 2 is 1.65 bits per heavy atom. The van der Waals surface area contributed by atoms with Crippen LogP contribution in [0.2, 0.25) is 0 Å². The van der Waals surface area contributed by atoms with Crippen LogP contribution in [-0.2, 0) is 4.74 Å². The summed E-state index contributed by atoms with van der Waals surface area (Å²) >= 11 is 0. The second-order valence-corrected chi connectivity index (χ2v) is 5.20. The first kappa shape index (κ1) is 15.0. The number of carbonyl (C=O) groups is 2. The molecule has 2 aromatic carbocycles. The van der Waals surface area contributed by atoms with Crippen LogP contribution in [0.4, 0.5) is 4.79 Å². The SMILES string of the molecule is CCOC(=O)n1c(-c2ccccc2)c(C(C)=O)c2ccccc21. The maximum Gasteiger partial charge on any atom is 0.418 e. The third-order valence-electron chi connectivity index (χ3n) is 3.72. The number of ketones is 1. The van der Waals surface area contributed by atoms with Crippen LogP contribution in [0.25, 0.3) is 22.2 Å². The molecule has 0 bridgehead atoms. The van der Waals surface area contributed by atoms with Gasteiger partial charge in [0.05, 0.1) is 23.4 Å². The van der Waals surface area contributed by atoms with Crippen molar-refractivity contribution in [2.24, 2.45) is 0 Å². The van der Waals surface area contributed by atoms with Crippen LogP contribution in [0.1, 0.15) is 24.2 Å². The molecule has 1 heterocycles. The minimum atomic E-state index is -0.477. The Morgan fingerprint density at radius 1 is 1.00 bits per heavy atom. The molecule has 0 aliphatic rings. The van der Waals surface area contributed by atoms with E-state index in [1.54, 1.807) is 6.92 Å². The van der Waals surface area contributed by atoms with Crippen molar-refractivity contribution in [1.82, 2.24) is 4.57 Å². The third kappa shape index (κ3) is 2.52. The Hall–Kier alpha value is -2.88. The molecule has 3 rings (SSSR count). The number of aromatic nitrogens is 1. The van der Waals surface area contributed by atoms with Crippen molar-refractivity contribution in [2.45, 2.75) is 13.8 Å². The van der Waals surface area contributed by atoms with Gasteiger partial charge in [-0.2, -0.15) is 0 Å². The molecule has 0 aliphatic carbocycles. The topological polar surface area (TPSA) is 48.3 Å². The molecule has 0 N–H and O–H groups in total. The first-order valence-electron chi connectivity index (χ1n) is 7.52. The average Bonchev–Trinajstić information content (AvgIpc) is 2.91. The molecule has 0 saturated heterocycles. The highest BCUT2D eigenvalue weighted by Gasteiger charge is 2.25. The van der Waals surface area contributed by atoms with Gasteiger partial charge in [-0.15, -0.1) is 0 Å². The van der Waals surface area contributed by atoms with E-state index in [-0.39, 0.29) is 12.4 Å². The lowest BCUT2D eigenvalue weighted by Gasteiger charge is -2.10. The van der Waals surface area contributed by atoms with Gasteiger partial charge in [-0.1, -0.05) is 48.5 Å². The van der Waals surface area contributed by atoms with E-state index in [1.165, 1.54) is 11.5 Å². The van der Waals surface area contributed by atoms with Crippen molar-refractivity contribution in [3.05, 3.63) is 60.2 Å². The molecule has 4 heteroatoms. The quantitative estimate of drug-likeness (QED) is 0.669. The second-order valence-electron chi connectivity index (χ2n) is 5.20. The predicted molar refractivity (Wildman–Crippen MR) is 89.8 cm³/mol. The number of Topliss-reactive ketones (excluding diaryl/α,β-unsaturated/α-hetero) is 1. The van der Waals surface area contributed by atoms with E-state index < -0.39 is 6.09 Å². The zero-order chi connectivity index (χ0) is 16.4. The summed E-state index contributed by atoms with van der Waals surface area (Å²) in [6.07, 6.45) is -0.477. The van der Waals surface area contributed by atoms with E-state index in [9.17, 15) is 9.59 Å². The monoisotopic (exact) mass is 307 g/mol. The van der Waals surface area contributed by atoms with Gasteiger partial charge in [0.2, 0.25) is 0 Å². The van der Waals surface area contributed by atoms with E-state index in [1.807, 2.05) is 54.6 Å². The maximum atomic E-state index is 12.5. The number of nitrogens with zero attached hydrogens (tertiary/aromatic N) is 1. The summed E-state index contributed by atoms with van der Waals surface area (Å²) in [6.45, 7) is 3.55. The number of carbonyl (C=O) groups excluding carboxylic acids is 2. The van der Waals surface area contributed by atoms with Gasteiger partial charge in [-0.25, -0.2) is 9.36 Å². The minimum absolute atomic E-state index is 0.0805. The van der Waals surface area contributed by atoms with Crippen LogP contribution < -0.4 is 0 Å². The van der Waals surface area contributed by atoms with Crippen molar-refractivity contribution in [1.29, 1.82) is 0 Å². The molecule has 0 spiro atoms. The number of fused-ring (bicyclic) bond motifs is 1. The number of benzene rings is 2. The highest BCUT2D eigenvalue weighted by Crippen LogP contribution is 2.34. The zero-order valence-corrected chi connectivity index (χ0v) is 13.1. The van der Waals surface area contributed by atoms with Gasteiger partial charge < -0.3 is 4.74 Å². The molecule has 0 fully saturated rings. The normalized spacial score (nSPS) is 10.7. The van der Waals surface area contributed by atoms with Crippen LogP contribution in [-0.4, -0.2) is 23.1 Å². The number of hydrogen-bond donors (Lipinski definition) is 0. The number of ether oxygens (including phenoxy) is 1. The first-order valence-corrected chi connectivity index (χ1v) is 7.52. The predicted octanol–water partition coefficient (Wildman–Crippen LogP) is 4.52. The van der Waals surface area contributed by atoms with Crippen LogP contribution >= 0.6 is 0 Å². The molecule has 0 saturated carbocycles. The lowest BCUT2D eigenvalue weighted by atomic mass is 10.0. The van der Waals surface area contributed by atoms with Gasteiger partial charge in [-0.3, -0.25) is 4.79 Å². The molecule has 0 radical (unpaired) electrons. The van der Waals surface area contributed by atoms with Crippen LogP contribution in [0.5, 0.6) is 0 Å². The van der Waals surface area contributed by atoms with Crippen LogP contribution in [0.15, 0.2) is 54.6 Å². The fourth-order valence-corrected chi connectivity index (χ4v) is 2.84. The number of hydrogen-bond acceptors (Lipinski definition) is 3. The smallest absolute Gasteiger partial charge is 0.418 e. The van der Waals surface area contributed by atoms with E-state index in [0.29, 0.717) is 16.8 Å². The van der Waals surface area contributed by atoms with Crippen molar-refractivity contribution in [3.63, 3.8) is 0 Å². The Bertz CT molecular complexity index is 878. The molecule has 0 unspecified atom stereocenters. The molecule has 116 valence electrons. The standard InChI is InChI=1S/C19H17NO3/c1-3-23-19(22)20-16-12-8-7-11-15(16)17(13(2)21)18(20)14-9-5-4-6-10-14/h4-12H,3H2,1-2H3. The van der Waals surface area contributed by atoms with E-state index in [2.05, 4.69) is 0 Å². The molecule has 4 nitrogen and oxygen atoms in total. The first-order chi connectivity index (χ1) is 11.1. The summed E-state index contributed by atoms with van der Waals surface area (Å²) in [5.74, 6) is -0.0805. The summed E-state index contributed by atoms with van der Waals surface area (Å²) in [5.41, 5.74) is 2.61. The van der Waals surface area contributed by atoms with Gasteiger partial charge in [0, 0.05) is 5.39 Å². The van der Waals surface area contributed by atoms with Crippen LogP contribution in [0, 0.1) is 0 Å². The molecular formula is C19H17NO3. The molecule has 1 aromatic heterocycles. The molecule has 0 amide bonds. The number of para-hydroxylation sites is 1. The summed E-state index contributed by atoms with van der Waals surface area (Å²) in [5, 5.41) is 0.756. The largest absolute Gasteiger partial charge is 0.449 e. The Morgan fingerprint density at radius 3 is 2.30 bits per heavy atom. The Kier molecular flexibility index (Phi) is 3.98. The molecule has 3 aromatic rings. The molecular weight excluding hydrogens is 290 g/mol. The fourth-order valence-electron chi connectivity index (χ4n) is 2.84. The van der Waals surface area contributed by atoms with Crippen molar-refractivity contribution >= 4 is 22.8 Å². The summed E-state index contributed by atoms with van der Waals surface area (Å²) < 4.78 is 6.69. The second kappa shape index (κ2) is 6.08. The van der Waals surface area contributed by atoms with Gasteiger partial charge in [-0.05, 0) is 25.5 Å². The van der Waals surface area contributed by atoms with Crippen molar-refractivity contribution in [2.75, 3.05) is 6.61 Å². The van der Waals surface area contributed by atoms with Crippen molar-refractivity contribution in [3.8, 4) is 11.3 Å². The zero-order valence-electron chi connectivity index (χ0n) is 13.1. The lowest BCUT2D eigenvalue weighted by Crippen LogP contribution is -2.15. The Labute approximate surface area is 134 Å². The fraction of sp³-hybridized carbons (Fsp3) is 0.158. The summed E-state index contributed by atoms with van der Waals surface area (Å²) in [6, 6.07) is 16.8. The maximum absolute atomic E-state index is 12.5. The minimum Gasteiger partial charge on any atom is -0.449 e. The average molecular weight is 307 g/mol. The lowest BCUT2D eigenvalue weighted by molar-refractivity contribution is 0.102. The third-order valence-corrected chi connectivity index (χ3v) is 3.72. The summed E-state index contributed by atoms with van der Waals surface area (Å²) in [7, 11) is 0. The summed E-state index contributed by atoms with van der Waals surface area (Å²) in [4.78, 5) is 24.8.